The first-order valence-electron chi connectivity index (χ1n) is 6.14. The number of aromatic nitrogens is 1. The van der Waals surface area contributed by atoms with Crippen molar-refractivity contribution < 1.29 is 4.79 Å². The molecule has 1 aliphatic heterocycles. The third-order valence-corrected chi connectivity index (χ3v) is 3.65. The number of Topliss-reactive ketones (excluding diaryl/α,β-unsaturated/α-hetero) is 1. The fourth-order valence-corrected chi connectivity index (χ4v) is 2.60. The maximum atomic E-state index is 12.0. The first-order chi connectivity index (χ1) is 7.72. The number of aromatic amines is 1. The van der Waals surface area contributed by atoms with Gasteiger partial charge in [0.1, 0.15) is 0 Å². The molecule has 0 spiro atoms. The van der Waals surface area contributed by atoms with Crippen LogP contribution in [0.5, 0.6) is 0 Å². The van der Waals surface area contributed by atoms with Crippen LogP contribution in [0.4, 0.5) is 0 Å². The van der Waals surface area contributed by atoms with E-state index in [2.05, 4.69) is 23.7 Å². The Morgan fingerprint density at radius 1 is 1.56 bits per heavy atom. The number of hydrogen-bond donors (Lipinski definition) is 1. The zero-order valence-electron chi connectivity index (χ0n) is 10.1. The van der Waals surface area contributed by atoms with Crippen LogP contribution in [0.1, 0.15) is 43.6 Å². The predicted molar refractivity (Wildman–Crippen MR) is 64.6 cm³/mol. The van der Waals surface area contributed by atoms with E-state index < -0.39 is 0 Å². The average Bonchev–Trinajstić information content (AvgIpc) is 2.89. The SMILES string of the molecule is CCC1CCC(C)N1CC(=O)c1ccc[nH]1. The summed E-state index contributed by atoms with van der Waals surface area (Å²) < 4.78 is 0. The summed E-state index contributed by atoms with van der Waals surface area (Å²) in [6.45, 7) is 4.98. The van der Waals surface area contributed by atoms with Crippen molar-refractivity contribution in [2.45, 2.75) is 45.2 Å². The Bertz CT molecular complexity index is 345. The van der Waals surface area contributed by atoms with E-state index in [9.17, 15) is 4.79 Å². The van der Waals surface area contributed by atoms with Crippen molar-refractivity contribution in [3.63, 3.8) is 0 Å². The molecule has 1 aromatic heterocycles. The molecule has 0 radical (unpaired) electrons. The molecule has 1 aliphatic rings. The largest absolute Gasteiger partial charge is 0.359 e. The molecule has 3 heteroatoms. The van der Waals surface area contributed by atoms with E-state index in [4.69, 9.17) is 0 Å². The van der Waals surface area contributed by atoms with Gasteiger partial charge in [-0.25, -0.2) is 0 Å². The van der Waals surface area contributed by atoms with Crippen LogP contribution in [0.2, 0.25) is 0 Å². The second kappa shape index (κ2) is 4.83. The minimum absolute atomic E-state index is 0.206. The maximum Gasteiger partial charge on any atom is 0.192 e. The smallest absolute Gasteiger partial charge is 0.192 e. The number of ketones is 1. The highest BCUT2D eigenvalue weighted by molar-refractivity contribution is 5.95. The van der Waals surface area contributed by atoms with Crippen molar-refractivity contribution in [1.82, 2.24) is 9.88 Å². The van der Waals surface area contributed by atoms with E-state index in [1.165, 1.54) is 12.8 Å². The number of carbonyl (C=O) groups is 1. The van der Waals surface area contributed by atoms with Gasteiger partial charge in [-0.1, -0.05) is 6.92 Å². The fourth-order valence-electron chi connectivity index (χ4n) is 2.60. The molecule has 0 amide bonds. The molecule has 2 unspecified atom stereocenters. The van der Waals surface area contributed by atoms with Crippen LogP contribution in [0.3, 0.4) is 0 Å². The lowest BCUT2D eigenvalue weighted by atomic mass is 10.1. The number of carbonyl (C=O) groups excluding carboxylic acids is 1. The van der Waals surface area contributed by atoms with E-state index in [-0.39, 0.29) is 5.78 Å². The van der Waals surface area contributed by atoms with Crippen LogP contribution < -0.4 is 0 Å². The predicted octanol–water partition coefficient (Wildman–Crippen LogP) is 2.46. The lowest BCUT2D eigenvalue weighted by molar-refractivity contribution is 0.0885. The summed E-state index contributed by atoms with van der Waals surface area (Å²) in [4.78, 5) is 17.3. The van der Waals surface area contributed by atoms with Gasteiger partial charge in [0.05, 0.1) is 12.2 Å². The van der Waals surface area contributed by atoms with E-state index in [1.807, 2.05) is 12.1 Å². The number of H-pyrrole nitrogens is 1. The normalized spacial score (nSPS) is 26.1. The van der Waals surface area contributed by atoms with Crippen LogP contribution in [0.15, 0.2) is 18.3 Å². The summed E-state index contributed by atoms with van der Waals surface area (Å²) in [5, 5.41) is 0. The number of nitrogens with zero attached hydrogens (tertiary/aromatic N) is 1. The molecule has 1 N–H and O–H groups in total. The summed E-state index contributed by atoms with van der Waals surface area (Å²) in [7, 11) is 0. The third-order valence-electron chi connectivity index (χ3n) is 3.65. The van der Waals surface area contributed by atoms with Crippen molar-refractivity contribution >= 4 is 5.78 Å². The molecular weight excluding hydrogens is 200 g/mol. The van der Waals surface area contributed by atoms with E-state index in [0.717, 1.165) is 12.1 Å². The van der Waals surface area contributed by atoms with Gasteiger partial charge in [0.25, 0.3) is 0 Å². The van der Waals surface area contributed by atoms with Gasteiger partial charge >= 0.3 is 0 Å². The van der Waals surface area contributed by atoms with E-state index >= 15 is 0 Å². The lowest BCUT2D eigenvalue weighted by Gasteiger charge is -2.26. The van der Waals surface area contributed by atoms with Gasteiger partial charge in [-0.3, -0.25) is 9.69 Å². The Balaban J connectivity index is 2.00. The standard InChI is InChI=1S/C13H20N2O/c1-3-11-7-6-10(2)15(11)9-13(16)12-5-4-8-14-12/h4-5,8,10-11,14H,3,6-7,9H2,1-2H3. The van der Waals surface area contributed by atoms with Crippen LogP contribution >= 0.6 is 0 Å². The van der Waals surface area contributed by atoms with Crippen LogP contribution in [0.25, 0.3) is 0 Å². The Morgan fingerprint density at radius 2 is 2.38 bits per heavy atom. The molecule has 3 nitrogen and oxygen atoms in total. The Morgan fingerprint density at radius 3 is 3.00 bits per heavy atom. The fraction of sp³-hybridized carbons (Fsp3) is 0.615. The summed E-state index contributed by atoms with van der Waals surface area (Å²) in [5.41, 5.74) is 0.731. The van der Waals surface area contributed by atoms with Crippen molar-refractivity contribution in [3.05, 3.63) is 24.0 Å². The number of likely N-dealkylation sites (tertiary alicyclic amines) is 1. The van der Waals surface area contributed by atoms with E-state index in [1.54, 1.807) is 6.20 Å². The summed E-state index contributed by atoms with van der Waals surface area (Å²) in [6, 6.07) is 4.86. The van der Waals surface area contributed by atoms with Gasteiger partial charge in [0.2, 0.25) is 0 Å². The minimum atomic E-state index is 0.206. The van der Waals surface area contributed by atoms with Crippen LogP contribution in [-0.2, 0) is 0 Å². The molecule has 88 valence electrons. The second-order valence-electron chi connectivity index (χ2n) is 4.67. The number of nitrogens with one attached hydrogen (secondary N) is 1. The topological polar surface area (TPSA) is 36.1 Å². The van der Waals surface area contributed by atoms with E-state index in [0.29, 0.717) is 18.6 Å². The van der Waals surface area contributed by atoms with Crippen molar-refractivity contribution in [2.75, 3.05) is 6.54 Å². The van der Waals surface area contributed by atoms with Gasteiger partial charge in [0, 0.05) is 18.3 Å². The van der Waals surface area contributed by atoms with Crippen LogP contribution in [0, 0.1) is 0 Å². The van der Waals surface area contributed by atoms with Gasteiger partial charge in [-0.15, -0.1) is 0 Å². The quantitative estimate of drug-likeness (QED) is 0.791. The molecule has 1 saturated heterocycles. The summed E-state index contributed by atoms with van der Waals surface area (Å²) in [6.07, 6.45) is 5.40. The van der Waals surface area contributed by atoms with Crippen molar-refractivity contribution in [2.24, 2.45) is 0 Å². The number of hydrogen-bond acceptors (Lipinski definition) is 2. The molecule has 1 fully saturated rings. The summed E-state index contributed by atoms with van der Waals surface area (Å²) in [5.74, 6) is 0.206. The molecule has 16 heavy (non-hydrogen) atoms. The molecule has 2 atom stereocenters. The molecular formula is C13H20N2O. The van der Waals surface area contributed by atoms with Gasteiger partial charge < -0.3 is 4.98 Å². The first-order valence-corrected chi connectivity index (χ1v) is 6.14. The maximum absolute atomic E-state index is 12.0. The highest BCUT2D eigenvalue weighted by atomic mass is 16.1. The molecule has 0 aliphatic carbocycles. The highest BCUT2D eigenvalue weighted by Crippen LogP contribution is 2.25. The molecule has 2 heterocycles. The molecule has 2 rings (SSSR count). The monoisotopic (exact) mass is 220 g/mol. The van der Waals surface area contributed by atoms with Gasteiger partial charge in [0.15, 0.2) is 5.78 Å². The van der Waals surface area contributed by atoms with Crippen molar-refractivity contribution in [1.29, 1.82) is 0 Å². The average molecular weight is 220 g/mol. The minimum Gasteiger partial charge on any atom is -0.359 e. The van der Waals surface area contributed by atoms with Crippen molar-refractivity contribution in [3.8, 4) is 0 Å². The Kier molecular flexibility index (Phi) is 3.44. The Hall–Kier alpha value is -1.09. The van der Waals surface area contributed by atoms with Gasteiger partial charge in [-0.2, -0.15) is 0 Å². The highest BCUT2D eigenvalue weighted by Gasteiger charge is 2.30. The molecule has 0 aromatic carbocycles. The molecule has 0 saturated carbocycles. The third kappa shape index (κ3) is 2.19. The van der Waals surface area contributed by atoms with Crippen LogP contribution in [-0.4, -0.2) is 34.3 Å². The molecule has 0 bridgehead atoms. The Labute approximate surface area is 96.8 Å². The lowest BCUT2D eigenvalue weighted by Crippen LogP contribution is -2.38. The molecule has 1 aromatic rings. The number of rotatable bonds is 4. The second-order valence-corrected chi connectivity index (χ2v) is 4.67. The zero-order valence-corrected chi connectivity index (χ0v) is 10.1. The zero-order chi connectivity index (χ0) is 11.5. The summed E-state index contributed by atoms with van der Waals surface area (Å²) >= 11 is 0. The van der Waals surface area contributed by atoms with Gasteiger partial charge in [-0.05, 0) is 38.3 Å². The first kappa shape index (κ1) is 11.4.